The van der Waals surface area contributed by atoms with E-state index in [0.717, 1.165) is 5.69 Å². The summed E-state index contributed by atoms with van der Waals surface area (Å²) >= 11 is 5.60. The average Bonchev–Trinajstić information content (AvgIpc) is 2.12. The van der Waals surface area contributed by atoms with Crippen molar-refractivity contribution < 1.29 is 4.74 Å². The summed E-state index contributed by atoms with van der Waals surface area (Å²) in [6.07, 6.45) is 0. The fourth-order valence-corrected chi connectivity index (χ4v) is 0.887. The van der Waals surface area contributed by atoms with Gasteiger partial charge in [0.2, 0.25) is 0 Å². The van der Waals surface area contributed by atoms with Gasteiger partial charge in [-0.05, 0) is 6.92 Å². The number of ether oxygens (including phenoxy) is 1. The molecule has 0 saturated carbocycles. The van der Waals surface area contributed by atoms with E-state index in [1.54, 1.807) is 7.11 Å². The molecule has 0 radical (unpaired) electrons. The van der Waals surface area contributed by atoms with E-state index in [1.807, 2.05) is 6.92 Å². The Kier molecular flexibility index (Phi) is 1.62. The molecule has 1 rings (SSSR count). The van der Waals surface area contributed by atoms with Gasteiger partial charge in [0.1, 0.15) is 5.69 Å². The van der Waals surface area contributed by atoms with Gasteiger partial charge in [0.15, 0.2) is 10.9 Å². The minimum absolute atomic E-state index is 0.454. The summed E-state index contributed by atoms with van der Waals surface area (Å²) in [5, 5.41) is 6.84. The first-order valence-corrected chi connectivity index (χ1v) is 2.88. The zero-order chi connectivity index (χ0) is 6.85. The maximum Gasteiger partial charge on any atom is 0.178 e. The van der Waals surface area contributed by atoms with Crippen LogP contribution in [0.2, 0.25) is 5.15 Å². The van der Waals surface area contributed by atoms with Gasteiger partial charge in [0, 0.05) is 0 Å². The zero-order valence-electron chi connectivity index (χ0n) is 5.23. The molecule has 0 aliphatic rings. The number of hydrogen-bond acceptors (Lipinski definition) is 2. The van der Waals surface area contributed by atoms with Crippen LogP contribution in [0.3, 0.4) is 0 Å². The second kappa shape index (κ2) is 2.27. The molecule has 0 bridgehead atoms. The Hall–Kier alpha value is -0.700. The Morgan fingerprint density at radius 3 is 2.56 bits per heavy atom. The van der Waals surface area contributed by atoms with Gasteiger partial charge >= 0.3 is 0 Å². The molecule has 0 aromatic carbocycles. The van der Waals surface area contributed by atoms with E-state index in [-0.39, 0.29) is 0 Å². The molecule has 0 fully saturated rings. The number of halogens is 1. The van der Waals surface area contributed by atoms with Gasteiger partial charge in [-0.3, -0.25) is 5.10 Å². The minimum Gasteiger partial charge on any atom is -0.492 e. The van der Waals surface area contributed by atoms with Crippen molar-refractivity contribution in [1.82, 2.24) is 10.2 Å². The van der Waals surface area contributed by atoms with Crippen molar-refractivity contribution in [3.05, 3.63) is 10.8 Å². The van der Waals surface area contributed by atoms with Gasteiger partial charge in [-0.2, -0.15) is 5.10 Å². The van der Waals surface area contributed by atoms with Crippen LogP contribution in [0.15, 0.2) is 0 Å². The SMILES string of the molecule is COc1c(C)n[nH]c1Cl. The highest BCUT2D eigenvalue weighted by Gasteiger charge is 2.05. The monoisotopic (exact) mass is 146 g/mol. The number of nitrogens with zero attached hydrogens (tertiary/aromatic N) is 1. The Bertz CT molecular complexity index is 189. The lowest BCUT2D eigenvalue weighted by atomic mass is 10.4. The lowest BCUT2D eigenvalue weighted by Gasteiger charge is -1.93. The van der Waals surface area contributed by atoms with Crippen LogP contribution >= 0.6 is 11.6 Å². The summed E-state index contributed by atoms with van der Waals surface area (Å²) in [6.45, 7) is 1.82. The van der Waals surface area contributed by atoms with E-state index in [4.69, 9.17) is 16.3 Å². The highest BCUT2D eigenvalue weighted by molar-refractivity contribution is 6.30. The van der Waals surface area contributed by atoms with Gasteiger partial charge in [-0.1, -0.05) is 11.6 Å². The highest BCUT2D eigenvalue weighted by Crippen LogP contribution is 2.23. The average molecular weight is 147 g/mol. The fourth-order valence-electron chi connectivity index (χ4n) is 0.631. The van der Waals surface area contributed by atoms with Crippen molar-refractivity contribution in [3.8, 4) is 5.75 Å². The maximum absolute atomic E-state index is 5.60. The second-order valence-corrected chi connectivity index (χ2v) is 2.03. The first kappa shape index (κ1) is 6.42. The summed E-state index contributed by atoms with van der Waals surface area (Å²) in [6, 6.07) is 0. The molecule has 0 saturated heterocycles. The molecule has 4 heteroatoms. The summed E-state index contributed by atoms with van der Waals surface area (Å²) in [4.78, 5) is 0. The number of nitrogens with one attached hydrogen (secondary N) is 1. The molecule has 0 aliphatic heterocycles. The van der Waals surface area contributed by atoms with E-state index >= 15 is 0 Å². The first-order valence-electron chi connectivity index (χ1n) is 2.50. The largest absolute Gasteiger partial charge is 0.492 e. The van der Waals surface area contributed by atoms with E-state index in [0.29, 0.717) is 10.9 Å². The summed E-state index contributed by atoms with van der Waals surface area (Å²) < 4.78 is 4.89. The molecule has 1 aromatic rings. The molecule has 0 unspecified atom stereocenters. The van der Waals surface area contributed by atoms with Gasteiger partial charge in [0.25, 0.3) is 0 Å². The quantitative estimate of drug-likeness (QED) is 0.650. The minimum atomic E-state index is 0.454. The fraction of sp³-hybridized carbons (Fsp3) is 0.400. The predicted octanol–water partition coefficient (Wildman–Crippen LogP) is 1.38. The molecule has 50 valence electrons. The van der Waals surface area contributed by atoms with Crippen molar-refractivity contribution in [3.63, 3.8) is 0 Å². The van der Waals surface area contributed by atoms with E-state index in [1.165, 1.54) is 0 Å². The number of rotatable bonds is 1. The number of hydrogen-bond donors (Lipinski definition) is 1. The van der Waals surface area contributed by atoms with Crippen molar-refractivity contribution in [2.24, 2.45) is 0 Å². The third kappa shape index (κ3) is 1.00. The van der Waals surface area contributed by atoms with Gasteiger partial charge in [0.05, 0.1) is 7.11 Å². The molecule has 0 aliphatic carbocycles. The van der Waals surface area contributed by atoms with Crippen LogP contribution < -0.4 is 4.74 Å². The summed E-state index contributed by atoms with van der Waals surface area (Å²) in [7, 11) is 1.56. The number of methoxy groups -OCH3 is 1. The Morgan fingerprint density at radius 2 is 2.33 bits per heavy atom. The van der Waals surface area contributed by atoms with Gasteiger partial charge in [-0.25, -0.2) is 0 Å². The third-order valence-electron chi connectivity index (χ3n) is 1.05. The normalized spacial score (nSPS) is 9.67. The van der Waals surface area contributed by atoms with Crippen LogP contribution in [-0.2, 0) is 0 Å². The van der Waals surface area contributed by atoms with Gasteiger partial charge < -0.3 is 4.74 Å². The Morgan fingerprint density at radius 1 is 1.67 bits per heavy atom. The maximum atomic E-state index is 5.60. The van der Waals surface area contributed by atoms with E-state index in [9.17, 15) is 0 Å². The number of aromatic nitrogens is 2. The van der Waals surface area contributed by atoms with E-state index < -0.39 is 0 Å². The molecule has 0 amide bonds. The molecule has 1 heterocycles. The lowest BCUT2D eigenvalue weighted by Crippen LogP contribution is -1.82. The van der Waals surface area contributed by atoms with Crippen LogP contribution in [0.25, 0.3) is 0 Å². The third-order valence-corrected chi connectivity index (χ3v) is 1.31. The van der Waals surface area contributed by atoms with Crippen molar-refractivity contribution in [2.75, 3.05) is 7.11 Å². The molecule has 9 heavy (non-hydrogen) atoms. The van der Waals surface area contributed by atoms with E-state index in [2.05, 4.69) is 10.2 Å². The molecule has 1 N–H and O–H groups in total. The van der Waals surface area contributed by atoms with Crippen LogP contribution in [0.5, 0.6) is 5.75 Å². The van der Waals surface area contributed by atoms with Gasteiger partial charge in [-0.15, -0.1) is 0 Å². The molecule has 0 spiro atoms. The van der Waals surface area contributed by atoms with Crippen LogP contribution in [-0.4, -0.2) is 17.3 Å². The zero-order valence-corrected chi connectivity index (χ0v) is 5.99. The molecule has 3 nitrogen and oxygen atoms in total. The molecular weight excluding hydrogens is 140 g/mol. The van der Waals surface area contributed by atoms with Crippen LogP contribution in [0.1, 0.15) is 5.69 Å². The molecule has 1 aromatic heterocycles. The molecular formula is C5H7ClN2O. The summed E-state index contributed by atoms with van der Waals surface area (Å²) in [5.41, 5.74) is 0.780. The standard InChI is InChI=1S/C5H7ClN2O/c1-3-4(9-2)5(6)8-7-3/h1-2H3,(H,7,8). The van der Waals surface area contributed by atoms with Crippen molar-refractivity contribution >= 4 is 11.6 Å². The lowest BCUT2D eigenvalue weighted by molar-refractivity contribution is 0.412. The highest BCUT2D eigenvalue weighted by atomic mass is 35.5. The number of aromatic amines is 1. The van der Waals surface area contributed by atoms with Crippen LogP contribution in [0, 0.1) is 6.92 Å². The van der Waals surface area contributed by atoms with Crippen molar-refractivity contribution in [2.45, 2.75) is 6.92 Å². The molecule has 0 atom stereocenters. The number of H-pyrrole nitrogens is 1. The first-order chi connectivity index (χ1) is 4.25. The smallest absolute Gasteiger partial charge is 0.178 e. The topological polar surface area (TPSA) is 37.9 Å². The Balaban J connectivity index is 3.07. The number of aryl methyl sites for hydroxylation is 1. The van der Waals surface area contributed by atoms with Crippen molar-refractivity contribution in [1.29, 1.82) is 0 Å². The summed E-state index contributed by atoms with van der Waals surface area (Å²) in [5.74, 6) is 0.622. The predicted molar refractivity (Wildman–Crippen MR) is 34.9 cm³/mol. The van der Waals surface area contributed by atoms with Crippen LogP contribution in [0.4, 0.5) is 0 Å². The Labute approximate surface area is 58.0 Å². The second-order valence-electron chi connectivity index (χ2n) is 1.66.